The third-order valence-electron chi connectivity index (χ3n) is 4.63. The molecule has 0 aliphatic carbocycles. The molecule has 0 saturated heterocycles. The number of hydrogen-bond donors (Lipinski definition) is 0. The number of ketones is 2. The maximum Gasteiger partial charge on any atom is 0.250 e. The van der Waals surface area contributed by atoms with E-state index in [0.29, 0.717) is 5.69 Å². The lowest BCUT2D eigenvalue weighted by Gasteiger charge is -2.08. The molecule has 0 bridgehead atoms. The number of nitrogens with zero attached hydrogens (tertiary/aromatic N) is 1. The summed E-state index contributed by atoms with van der Waals surface area (Å²) < 4.78 is 5.12. The van der Waals surface area contributed by atoms with E-state index in [0.717, 1.165) is 27.6 Å². The molecule has 3 aromatic carbocycles. The molecule has 0 N–H and O–H groups in total. The minimum absolute atomic E-state index is 0.0985. The maximum atomic E-state index is 12.5. The van der Waals surface area contributed by atoms with Crippen molar-refractivity contribution in [3.05, 3.63) is 77.9 Å². The number of Topliss-reactive ketones (excluding diaryl/α,β-unsaturated/α-hetero) is 1. The minimum atomic E-state index is -0.428. The van der Waals surface area contributed by atoms with Crippen LogP contribution >= 0.6 is 0 Å². The summed E-state index contributed by atoms with van der Waals surface area (Å²) in [6.07, 6.45) is 3.06. The molecule has 0 amide bonds. The number of hydrogen-bond acceptors (Lipinski definition) is 4. The molecular weight excluding hydrogens is 362 g/mol. The van der Waals surface area contributed by atoms with Gasteiger partial charge in [0.25, 0.3) is 5.78 Å². The Bertz CT molecular complexity index is 1230. The van der Waals surface area contributed by atoms with Gasteiger partial charge in [-0.3, -0.25) is 9.59 Å². The average molecular weight is 379 g/mol. The zero-order valence-corrected chi connectivity index (χ0v) is 15.8. The van der Waals surface area contributed by atoms with Crippen molar-refractivity contribution < 1.29 is 14.3 Å². The van der Waals surface area contributed by atoms with Gasteiger partial charge in [0.2, 0.25) is 0 Å². The molecule has 4 heteroatoms. The number of allylic oxidation sites excluding steroid dienone is 1. The molecule has 0 fully saturated rings. The van der Waals surface area contributed by atoms with Gasteiger partial charge in [-0.1, -0.05) is 48.4 Å². The Morgan fingerprint density at radius 2 is 1.79 bits per heavy atom. The monoisotopic (exact) mass is 379 g/mol. The Morgan fingerprint density at radius 1 is 1.03 bits per heavy atom. The summed E-state index contributed by atoms with van der Waals surface area (Å²) in [6.45, 7) is 0. The largest absolute Gasteiger partial charge is 0.497 e. The SMILES string of the molecule is COc1ccc(/C=C/C(=O)CC2=Nc3cccc4cccc(c34)C#CC2=O)cc1. The van der Waals surface area contributed by atoms with Gasteiger partial charge in [0.15, 0.2) is 5.78 Å². The third kappa shape index (κ3) is 3.99. The lowest BCUT2D eigenvalue weighted by Crippen LogP contribution is -2.16. The zero-order chi connectivity index (χ0) is 20.2. The molecule has 0 saturated carbocycles. The van der Waals surface area contributed by atoms with Gasteiger partial charge in [0.05, 0.1) is 19.2 Å². The number of carbonyl (C=O) groups is 2. The molecule has 29 heavy (non-hydrogen) atoms. The number of methoxy groups -OCH3 is 1. The van der Waals surface area contributed by atoms with Gasteiger partial charge in [-0.2, -0.15) is 0 Å². The first-order chi connectivity index (χ1) is 14.1. The van der Waals surface area contributed by atoms with Crippen molar-refractivity contribution in [3.63, 3.8) is 0 Å². The Morgan fingerprint density at radius 3 is 2.55 bits per heavy atom. The molecule has 3 aromatic rings. The van der Waals surface area contributed by atoms with Gasteiger partial charge in [0.1, 0.15) is 11.5 Å². The van der Waals surface area contributed by atoms with Crippen molar-refractivity contribution in [1.82, 2.24) is 0 Å². The van der Waals surface area contributed by atoms with Gasteiger partial charge in [-0.05, 0) is 47.2 Å². The quantitative estimate of drug-likeness (QED) is 0.483. The maximum absolute atomic E-state index is 12.5. The highest BCUT2D eigenvalue weighted by Crippen LogP contribution is 2.30. The highest BCUT2D eigenvalue weighted by atomic mass is 16.5. The van der Waals surface area contributed by atoms with Gasteiger partial charge in [-0.25, -0.2) is 4.99 Å². The van der Waals surface area contributed by atoms with E-state index >= 15 is 0 Å². The summed E-state index contributed by atoms with van der Waals surface area (Å²) in [7, 11) is 1.60. The van der Waals surface area contributed by atoms with E-state index in [9.17, 15) is 9.59 Å². The standard InChI is InChI=1S/C25H17NO3/c1-29-21-13-9-17(10-14-21)8-12-20(27)16-23-24(28)15-11-19-5-2-4-18-6-3-7-22(26-23)25(18)19/h2-10,12-14H,16H2,1H3/b12-8+,26-23?. The smallest absolute Gasteiger partial charge is 0.250 e. The second kappa shape index (κ2) is 7.95. The normalized spacial score (nSPS) is 12.7. The molecule has 140 valence electrons. The fourth-order valence-electron chi connectivity index (χ4n) is 3.16. The topological polar surface area (TPSA) is 55.7 Å². The first kappa shape index (κ1) is 18.4. The van der Waals surface area contributed by atoms with Gasteiger partial charge >= 0.3 is 0 Å². The highest BCUT2D eigenvalue weighted by Gasteiger charge is 2.16. The fraction of sp³-hybridized carbons (Fsp3) is 0.0800. The van der Waals surface area contributed by atoms with Crippen LogP contribution in [0, 0.1) is 11.8 Å². The molecule has 0 unspecified atom stereocenters. The van der Waals surface area contributed by atoms with Gasteiger partial charge in [-0.15, -0.1) is 0 Å². The van der Waals surface area contributed by atoms with E-state index in [-0.39, 0.29) is 17.9 Å². The van der Waals surface area contributed by atoms with Crippen LogP contribution in [0.25, 0.3) is 16.8 Å². The van der Waals surface area contributed by atoms with Crippen molar-refractivity contribution in [2.75, 3.05) is 7.11 Å². The lowest BCUT2D eigenvalue weighted by molar-refractivity contribution is -0.114. The Hall–Kier alpha value is -3.97. The number of rotatable bonds is 5. The molecule has 1 aliphatic heterocycles. The van der Waals surface area contributed by atoms with Crippen molar-refractivity contribution in [2.24, 2.45) is 4.99 Å². The molecule has 1 aliphatic rings. The summed E-state index contributed by atoms with van der Waals surface area (Å²) in [5.74, 6) is 5.65. The van der Waals surface area contributed by atoms with Gasteiger partial charge < -0.3 is 4.74 Å². The Balaban J connectivity index is 1.61. The molecule has 1 heterocycles. The van der Waals surface area contributed by atoms with E-state index in [4.69, 9.17) is 4.74 Å². The summed E-state index contributed by atoms with van der Waals surface area (Å²) in [4.78, 5) is 29.4. The Labute approximate surface area is 168 Å². The fourth-order valence-corrected chi connectivity index (χ4v) is 3.16. The first-order valence-electron chi connectivity index (χ1n) is 9.15. The number of ether oxygens (including phenoxy) is 1. The summed E-state index contributed by atoms with van der Waals surface area (Å²) in [5, 5.41) is 1.89. The first-order valence-corrected chi connectivity index (χ1v) is 9.15. The van der Waals surface area contributed by atoms with Crippen LogP contribution in [-0.4, -0.2) is 24.4 Å². The van der Waals surface area contributed by atoms with Crippen LogP contribution in [0.2, 0.25) is 0 Å². The van der Waals surface area contributed by atoms with E-state index in [2.05, 4.69) is 16.8 Å². The summed E-state index contributed by atoms with van der Waals surface area (Å²) in [6, 6.07) is 18.8. The Kier molecular flexibility index (Phi) is 5.05. The van der Waals surface area contributed by atoms with E-state index < -0.39 is 5.78 Å². The van der Waals surface area contributed by atoms with Crippen LogP contribution in [0.1, 0.15) is 17.5 Å². The highest BCUT2D eigenvalue weighted by molar-refractivity contribution is 6.49. The van der Waals surface area contributed by atoms with Crippen LogP contribution in [0.15, 0.2) is 71.7 Å². The molecule has 0 radical (unpaired) electrons. The zero-order valence-electron chi connectivity index (χ0n) is 15.8. The second-order valence-electron chi connectivity index (χ2n) is 6.57. The molecule has 0 aromatic heterocycles. The van der Waals surface area contributed by atoms with Crippen LogP contribution in [-0.2, 0) is 9.59 Å². The molecule has 4 nitrogen and oxygen atoms in total. The van der Waals surface area contributed by atoms with Gasteiger partial charge in [0, 0.05) is 10.9 Å². The van der Waals surface area contributed by atoms with E-state index in [1.54, 1.807) is 13.2 Å². The van der Waals surface area contributed by atoms with E-state index in [1.807, 2.05) is 60.7 Å². The van der Waals surface area contributed by atoms with Crippen LogP contribution in [0.4, 0.5) is 5.69 Å². The molecule has 4 rings (SSSR count). The van der Waals surface area contributed by atoms with E-state index in [1.165, 1.54) is 6.08 Å². The molecule has 0 atom stereocenters. The van der Waals surface area contributed by atoms with Crippen molar-refractivity contribution in [3.8, 4) is 17.6 Å². The number of aliphatic imine (C=N–C) groups is 1. The number of benzene rings is 3. The summed E-state index contributed by atoms with van der Waals surface area (Å²) >= 11 is 0. The minimum Gasteiger partial charge on any atom is -0.497 e. The predicted octanol–water partition coefficient (Wildman–Crippen LogP) is 4.53. The predicted molar refractivity (Wildman–Crippen MR) is 115 cm³/mol. The summed E-state index contributed by atoms with van der Waals surface area (Å²) in [5.41, 5.74) is 2.44. The molecule has 0 spiro atoms. The van der Waals surface area contributed by atoms with Crippen LogP contribution in [0.3, 0.4) is 0 Å². The van der Waals surface area contributed by atoms with Crippen LogP contribution in [0.5, 0.6) is 5.75 Å². The third-order valence-corrected chi connectivity index (χ3v) is 4.63. The number of carbonyl (C=O) groups excluding carboxylic acids is 2. The van der Waals surface area contributed by atoms with Crippen molar-refractivity contribution in [1.29, 1.82) is 0 Å². The van der Waals surface area contributed by atoms with Crippen LogP contribution < -0.4 is 4.74 Å². The van der Waals surface area contributed by atoms with Crippen molar-refractivity contribution >= 4 is 39.8 Å². The molecular formula is C25H17NO3. The second-order valence-corrected chi connectivity index (χ2v) is 6.57. The van der Waals surface area contributed by atoms with Crippen molar-refractivity contribution in [2.45, 2.75) is 6.42 Å². The average Bonchev–Trinajstić information content (AvgIpc) is 2.75. The lowest BCUT2D eigenvalue weighted by atomic mass is 10.0.